The van der Waals surface area contributed by atoms with E-state index in [0.717, 1.165) is 31.0 Å². The summed E-state index contributed by atoms with van der Waals surface area (Å²) in [6.45, 7) is 1.99. The molecule has 1 heterocycles. The van der Waals surface area contributed by atoms with Gasteiger partial charge < -0.3 is 5.32 Å². The summed E-state index contributed by atoms with van der Waals surface area (Å²) in [6, 6.07) is 12.1. The second-order valence-electron chi connectivity index (χ2n) is 4.23. The Balaban J connectivity index is 1.63. The lowest BCUT2D eigenvalue weighted by Crippen LogP contribution is -2.20. The smallest absolute Gasteiger partial charge is 0.0406 e. The number of nitrogens with one attached hydrogen (secondary N) is 1. The molecule has 2 nitrogen and oxygen atoms in total. The maximum atomic E-state index is 5.84. The molecule has 0 atom stereocenters. The van der Waals surface area contributed by atoms with Gasteiger partial charge in [0.2, 0.25) is 0 Å². The highest BCUT2D eigenvalue weighted by Crippen LogP contribution is 2.09. The minimum Gasteiger partial charge on any atom is -0.316 e. The lowest BCUT2D eigenvalue weighted by Gasteiger charge is -2.05. The zero-order valence-corrected chi connectivity index (χ0v) is 11.0. The monoisotopic (exact) mass is 260 g/mol. The third-order valence-corrected chi connectivity index (χ3v) is 3.10. The fourth-order valence-electron chi connectivity index (χ4n) is 1.79. The van der Waals surface area contributed by atoms with Crippen molar-refractivity contribution in [3.63, 3.8) is 0 Å². The fraction of sp³-hybridized carbons (Fsp3) is 0.267. The van der Waals surface area contributed by atoms with E-state index in [2.05, 4.69) is 34.6 Å². The third kappa shape index (κ3) is 4.47. The van der Waals surface area contributed by atoms with Crippen molar-refractivity contribution < 1.29 is 0 Å². The number of benzene rings is 1. The van der Waals surface area contributed by atoms with E-state index in [0.29, 0.717) is 0 Å². The quantitative estimate of drug-likeness (QED) is 0.808. The van der Waals surface area contributed by atoms with E-state index < -0.39 is 0 Å². The van der Waals surface area contributed by atoms with Crippen LogP contribution in [0.5, 0.6) is 0 Å². The first kappa shape index (κ1) is 13.1. The van der Waals surface area contributed by atoms with E-state index in [1.807, 2.05) is 24.5 Å². The van der Waals surface area contributed by atoms with E-state index in [9.17, 15) is 0 Å². The maximum Gasteiger partial charge on any atom is 0.0406 e. The molecule has 1 aromatic carbocycles. The highest BCUT2D eigenvalue weighted by atomic mass is 35.5. The highest BCUT2D eigenvalue weighted by molar-refractivity contribution is 6.30. The Bertz CT molecular complexity index is 454. The van der Waals surface area contributed by atoms with E-state index >= 15 is 0 Å². The normalized spacial score (nSPS) is 10.5. The van der Waals surface area contributed by atoms with Crippen molar-refractivity contribution in [2.75, 3.05) is 13.1 Å². The van der Waals surface area contributed by atoms with Crippen molar-refractivity contribution >= 4 is 11.6 Å². The van der Waals surface area contributed by atoms with E-state index in [4.69, 9.17) is 11.6 Å². The molecule has 1 N–H and O–H groups in total. The van der Waals surface area contributed by atoms with Crippen molar-refractivity contribution in [2.45, 2.75) is 12.8 Å². The Hall–Kier alpha value is -1.38. The first-order valence-corrected chi connectivity index (χ1v) is 6.56. The van der Waals surface area contributed by atoms with Crippen LogP contribution >= 0.6 is 11.6 Å². The Morgan fingerprint density at radius 3 is 2.00 bits per heavy atom. The summed E-state index contributed by atoms with van der Waals surface area (Å²) in [5.41, 5.74) is 2.64. The largest absolute Gasteiger partial charge is 0.316 e. The molecule has 0 aliphatic carbocycles. The number of rotatable bonds is 6. The number of halogens is 1. The first-order chi connectivity index (χ1) is 8.84. The summed E-state index contributed by atoms with van der Waals surface area (Å²) in [7, 11) is 0. The summed E-state index contributed by atoms with van der Waals surface area (Å²) in [5.74, 6) is 0. The van der Waals surface area contributed by atoms with Crippen LogP contribution in [0.1, 0.15) is 11.1 Å². The average molecular weight is 261 g/mol. The number of pyridine rings is 1. The number of hydrogen-bond acceptors (Lipinski definition) is 2. The topological polar surface area (TPSA) is 24.9 Å². The molecule has 0 amide bonds. The molecule has 2 aromatic rings. The van der Waals surface area contributed by atoms with Crippen LogP contribution in [0, 0.1) is 0 Å². The van der Waals surface area contributed by atoms with Gasteiger partial charge in [0.1, 0.15) is 0 Å². The molecule has 0 aliphatic rings. The standard InChI is InChI=1S/C15H17ClN2/c16-15-3-1-13(2-4-15)5-9-17-10-6-14-7-11-18-12-8-14/h1-4,7-8,11-12,17H,5-6,9-10H2. The molecule has 0 spiro atoms. The predicted octanol–water partition coefficient (Wildman–Crippen LogP) is 3.11. The van der Waals surface area contributed by atoms with Gasteiger partial charge in [0.05, 0.1) is 0 Å². The van der Waals surface area contributed by atoms with Gasteiger partial charge in [-0.3, -0.25) is 4.98 Å². The zero-order chi connectivity index (χ0) is 12.6. The lowest BCUT2D eigenvalue weighted by molar-refractivity contribution is 0.681. The number of hydrogen-bond donors (Lipinski definition) is 1. The van der Waals surface area contributed by atoms with Gasteiger partial charge in [0.25, 0.3) is 0 Å². The molecule has 3 heteroatoms. The number of nitrogens with zero attached hydrogens (tertiary/aromatic N) is 1. The summed E-state index contributed by atoms with van der Waals surface area (Å²) in [5, 5.41) is 4.24. The second-order valence-corrected chi connectivity index (χ2v) is 4.67. The Morgan fingerprint density at radius 2 is 1.39 bits per heavy atom. The van der Waals surface area contributed by atoms with Crippen LogP contribution in [0.2, 0.25) is 5.02 Å². The van der Waals surface area contributed by atoms with Gasteiger partial charge >= 0.3 is 0 Å². The summed E-state index contributed by atoms with van der Waals surface area (Å²) >= 11 is 5.84. The molecule has 94 valence electrons. The van der Waals surface area contributed by atoms with Crippen molar-refractivity contribution in [2.24, 2.45) is 0 Å². The van der Waals surface area contributed by atoms with Crippen LogP contribution in [0.3, 0.4) is 0 Å². The lowest BCUT2D eigenvalue weighted by atomic mass is 10.1. The van der Waals surface area contributed by atoms with E-state index in [1.54, 1.807) is 0 Å². The molecule has 0 radical (unpaired) electrons. The average Bonchev–Trinajstić information content (AvgIpc) is 2.42. The molecule has 0 saturated heterocycles. The van der Waals surface area contributed by atoms with Gasteiger partial charge in [0, 0.05) is 17.4 Å². The molecular weight excluding hydrogens is 244 g/mol. The minimum atomic E-state index is 0.796. The molecular formula is C15H17ClN2. The highest BCUT2D eigenvalue weighted by Gasteiger charge is 1.94. The van der Waals surface area contributed by atoms with Crippen LogP contribution in [-0.4, -0.2) is 18.1 Å². The zero-order valence-electron chi connectivity index (χ0n) is 10.3. The van der Waals surface area contributed by atoms with Gasteiger partial charge in [-0.25, -0.2) is 0 Å². The maximum absolute atomic E-state index is 5.84. The Morgan fingerprint density at radius 1 is 0.833 bits per heavy atom. The Labute approximate surface area is 113 Å². The van der Waals surface area contributed by atoms with Crippen molar-refractivity contribution in [3.8, 4) is 0 Å². The second kappa shape index (κ2) is 7.14. The van der Waals surface area contributed by atoms with Crippen LogP contribution < -0.4 is 5.32 Å². The van der Waals surface area contributed by atoms with Crippen LogP contribution in [0.4, 0.5) is 0 Å². The van der Waals surface area contributed by atoms with Crippen LogP contribution in [-0.2, 0) is 12.8 Å². The van der Waals surface area contributed by atoms with Crippen molar-refractivity contribution in [3.05, 3.63) is 64.9 Å². The fourth-order valence-corrected chi connectivity index (χ4v) is 1.92. The predicted molar refractivity (Wildman–Crippen MR) is 76.0 cm³/mol. The summed E-state index contributed by atoms with van der Waals surface area (Å²) in [4.78, 5) is 4.01. The molecule has 0 saturated carbocycles. The minimum absolute atomic E-state index is 0.796. The van der Waals surface area contributed by atoms with Gasteiger partial charge in [0.15, 0.2) is 0 Å². The summed E-state index contributed by atoms with van der Waals surface area (Å²) < 4.78 is 0. The van der Waals surface area contributed by atoms with Crippen molar-refractivity contribution in [1.82, 2.24) is 10.3 Å². The molecule has 0 bridgehead atoms. The molecule has 0 unspecified atom stereocenters. The third-order valence-electron chi connectivity index (χ3n) is 2.84. The van der Waals surface area contributed by atoms with Gasteiger partial charge in [-0.15, -0.1) is 0 Å². The molecule has 1 aromatic heterocycles. The van der Waals surface area contributed by atoms with E-state index in [1.165, 1.54) is 11.1 Å². The van der Waals surface area contributed by atoms with Gasteiger partial charge in [-0.05, 0) is 61.3 Å². The first-order valence-electron chi connectivity index (χ1n) is 6.18. The van der Waals surface area contributed by atoms with Crippen molar-refractivity contribution in [1.29, 1.82) is 0 Å². The van der Waals surface area contributed by atoms with Gasteiger partial charge in [-0.2, -0.15) is 0 Å². The molecule has 2 rings (SSSR count). The number of aromatic nitrogens is 1. The molecule has 0 fully saturated rings. The molecule has 0 aliphatic heterocycles. The Kier molecular flexibility index (Phi) is 5.18. The van der Waals surface area contributed by atoms with Gasteiger partial charge in [-0.1, -0.05) is 23.7 Å². The SMILES string of the molecule is Clc1ccc(CCNCCc2ccncc2)cc1. The van der Waals surface area contributed by atoms with Crippen LogP contribution in [0.15, 0.2) is 48.8 Å². The van der Waals surface area contributed by atoms with Crippen LogP contribution in [0.25, 0.3) is 0 Å². The molecule has 18 heavy (non-hydrogen) atoms. The summed E-state index contributed by atoms with van der Waals surface area (Å²) in [6.07, 6.45) is 5.75. The van der Waals surface area contributed by atoms with E-state index in [-0.39, 0.29) is 0 Å².